The molecule has 1 aliphatic rings. The second-order valence-corrected chi connectivity index (χ2v) is 7.63. The van der Waals surface area contributed by atoms with E-state index in [0.717, 1.165) is 53.9 Å². The Bertz CT molecular complexity index is 999. The zero-order chi connectivity index (χ0) is 19.5. The van der Waals surface area contributed by atoms with Gasteiger partial charge in [-0.2, -0.15) is 0 Å². The summed E-state index contributed by atoms with van der Waals surface area (Å²) < 4.78 is 0. The Hall–Kier alpha value is -2.63. The number of nitrogens with zero attached hydrogens (tertiary/aromatic N) is 3. The summed E-state index contributed by atoms with van der Waals surface area (Å²) in [5.74, 6) is -0.0733. The molecule has 28 heavy (non-hydrogen) atoms. The number of nitrogens with one attached hydrogen (secondary N) is 1. The zero-order valence-corrected chi connectivity index (χ0v) is 16.6. The fourth-order valence-electron chi connectivity index (χ4n) is 3.67. The Morgan fingerprint density at radius 2 is 1.93 bits per heavy atom. The van der Waals surface area contributed by atoms with Crippen LogP contribution in [0.4, 0.5) is 11.4 Å². The second kappa shape index (κ2) is 8.17. The largest absolute Gasteiger partial charge is 0.367 e. The van der Waals surface area contributed by atoms with Crippen molar-refractivity contribution < 1.29 is 4.79 Å². The zero-order valence-electron chi connectivity index (χ0n) is 15.9. The highest BCUT2D eigenvalue weighted by molar-refractivity contribution is 6.31. The Morgan fingerprint density at radius 1 is 1.14 bits per heavy atom. The molecule has 2 heterocycles. The molecule has 2 aromatic carbocycles. The van der Waals surface area contributed by atoms with E-state index in [2.05, 4.69) is 27.1 Å². The van der Waals surface area contributed by atoms with Gasteiger partial charge in [-0.1, -0.05) is 35.9 Å². The molecule has 144 valence electrons. The third-order valence-corrected chi connectivity index (χ3v) is 5.40. The van der Waals surface area contributed by atoms with Crippen LogP contribution in [0.25, 0.3) is 10.8 Å². The smallest absolute Gasteiger partial charge is 0.228 e. The van der Waals surface area contributed by atoms with Gasteiger partial charge in [0, 0.05) is 37.4 Å². The first-order chi connectivity index (χ1) is 13.6. The summed E-state index contributed by atoms with van der Waals surface area (Å²) in [6.07, 6.45) is 3.76. The summed E-state index contributed by atoms with van der Waals surface area (Å²) in [7, 11) is 2.13. The van der Waals surface area contributed by atoms with Gasteiger partial charge in [-0.3, -0.25) is 9.78 Å². The molecule has 1 fully saturated rings. The van der Waals surface area contributed by atoms with Gasteiger partial charge in [0.1, 0.15) is 0 Å². The van der Waals surface area contributed by atoms with Crippen molar-refractivity contribution in [1.82, 2.24) is 9.88 Å². The highest BCUT2D eigenvalue weighted by atomic mass is 35.5. The van der Waals surface area contributed by atoms with Gasteiger partial charge < -0.3 is 15.1 Å². The fourth-order valence-corrected chi connectivity index (χ4v) is 3.92. The maximum Gasteiger partial charge on any atom is 0.228 e. The lowest BCUT2D eigenvalue weighted by Crippen LogP contribution is -2.44. The van der Waals surface area contributed by atoms with E-state index in [1.807, 2.05) is 42.5 Å². The SMILES string of the molecule is CN1CCN(c2ccncc2NC(=O)Cc2cc(Cl)cc3ccccc23)CC1. The lowest BCUT2D eigenvalue weighted by atomic mass is 10.0. The maximum atomic E-state index is 12.8. The predicted molar refractivity (Wildman–Crippen MR) is 115 cm³/mol. The number of halogens is 1. The topological polar surface area (TPSA) is 48.5 Å². The third kappa shape index (κ3) is 4.11. The van der Waals surface area contributed by atoms with Crippen LogP contribution >= 0.6 is 11.6 Å². The number of likely N-dealkylation sites (N-methyl/N-ethyl adjacent to an activating group) is 1. The summed E-state index contributed by atoms with van der Waals surface area (Å²) in [6, 6.07) is 13.7. The van der Waals surface area contributed by atoms with E-state index in [1.54, 1.807) is 12.4 Å². The molecule has 4 rings (SSSR count). The molecule has 0 saturated carbocycles. The molecule has 6 heteroatoms. The molecule has 1 saturated heterocycles. The molecular weight excluding hydrogens is 372 g/mol. The summed E-state index contributed by atoms with van der Waals surface area (Å²) >= 11 is 6.25. The standard InChI is InChI=1S/C22H23ClN4O/c1-26-8-10-27(11-9-26)21-6-7-24-15-20(21)25-22(28)14-17-13-18(23)12-16-4-2-3-5-19(16)17/h2-7,12-13,15H,8-11,14H2,1H3,(H,25,28). The number of pyridine rings is 1. The lowest BCUT2D eigenvalue weighted by molar-refractivity contribution is -0.115. The van der Waals surface area contributed by atoms with Gasteiger partial charge in [-0.15, -0.1) is 0 Å². The molecular formula is C22H23ClN4O. The highest BCUT2D eigenvalue weighted by Crippen LogP contribution is 2.27. The number of hydrogen-bond donors (Lipinski definition) is 1. The number of hydrogen-bond acceptors (Lipinski definition) is 4. The van der Waals surface area contributed by atoms with Gasteiger partial charge in [0.2, 0.25) is 5.91 Å². The predicted octanol–water partition coefficient (Wildman–Crippen LogP) is 3.82. The number of benzene rings is 2. The number of carbonyl (C=O) groups excluding carboxylic acids is 1. The van der Waals surface area contributed by atoms with Crippen LogP contribution < -0.4 is 10.2 Å². The number of carbonyl (C=O) groups is 1. The van der Waals surface area contributed by atoms with Crippen molar-refractivity contribution in [2.75, 3.05) is 43.4 Å². The molecule has 0 aliphatic carbocycles. The Kier molecular flexibility index (Phi) is 5.46. The van der Waals surface area contributed by atoms with Crippen LogP contribution in [0.2, 0.25) is 5.02 Å². The van der Waals surface area contributed by atoms with E-state index in [-0.39, 0.29) is 12.3 Å². The number of aromatic nitrogens is 1. The van der Waals surface area contributed by atoms with Crippen LogP contribution in [0.1, 0.15) is 5.56 Å². The van der Waals surface area contributed by atoms with Crippen LogP contribution in [-0.2, 0) is 11.2 Å². The lowest BCUT2D eigenvalue weighted by Gasteiger charge is -2.34. The number of amides is 1. The molecule has 1 aromatic heterocycles. The quantitative estimate of drug-likeness (QED) is 0.730. The first-order valence-electron chi connectivity index (χ1n) is 9.45. The number of piperazine rings is 1. The van der Waals surface area contributed by atoms with Gasteiger partial charge in [0.05, 0.1) is 24.0 Å². The van der Waals surface area contributed by atoms with Crippen LogP contribution in [-0.4, -0.2) is 49.0 Å². The van der Waals surface area contributed by atoms with Gasteiger partial charge in [0.25, 0.3) is 0 Å². The van der Waals surface area contributed by atoms with Crippen LogP contribution in [0.5, 0.6) is 0 Å². The molecule has 0 spiro atoms. The maximum absolute atomic E-state index is 12.8. The highest BCUT2D eigenvalue weighted by Gasteiger charge is 2.18. The summed E-state index contributed by atoms with van der Waals surface area (Å²) in [5, 5.41) is 5.78. The molecule has 1 N–H and O–H groups in total. The van der Waals surface area contributed by atoms with Crippen LogP contribution in [0, 0.1) is 0 Å². The van der Waals surface area contributed by atoms with Gasteiger partial charge >= 0.3 is 0 Å². The van der Waals surface area contributed by atoms with Gasteiger partial charge in [-0.05, 0) is 41.6 Å². The average Bonchev–Trinajstić information content (AvgIpc) is 2.69. The van der Waals surface area contributed by atoms with Crippen molar-refractivity contribution in [3.8, 4) is 0 Å². The van der Waals surface area contributed by atoms with Crippen molar-refractivity contribution >= 4 is 39.7 Å². The number of fused-ring (bicyclic) bond motifs is 1. The van der Waals surface area contributed by atoms with Gasteiger partial charge in [-0.25, -0.2) is 0 Å². The van der Waals surface area contributed by atoms with Crippen molar-refractivity contribution in [2.24, 2.45) is 0 Å². The molecule has 0 atom stereocenters. The summed E-state index contributed by atoms with van der Waals surface area (Å²) in [6.45, 7) is 3.87. The molecule has 1 amide bonds. The van der Waals surface area contributed by atoms with Crippen LogP contribution in [0.15, 0.2) is 54.9 Å². The van der Waals surface area contributed by atoms with Crippen LogP contribution in [0.3, 0.4) is 0 Å². The van der Waals surface area contributed by atoms with E-state index in [4.69, 9.17) is 11.6 Å². The van der Waals surface area contributed by atoms with E-state index in [0.29, 0.717) is 5.02 Å². The van der Waals surface area contributed by atoms with Crippen molar-refractivity contribution in [1.29, 1.82) is 0 Å². The van der Waals surface area contributed by atoms with E-state index < -0.39 is 0 Å². The number of anilines is 2. The van der Waals surface area contributed by atoms with E-state index in [1.165, 1.54) is 0 Å². The summed E-state index contributed by atoms with van der Waals surface area (Å²) in [4.78, 5) is 21.6. The number of rotatable bonds is 4. The second-order valence-electron chi connectivity index (χ2n) is 7.19. The molecule has 5 nitrogen and oxygen atoms in total. The normalized spacial score (nSPS) is 15.0. The van der Waals surface area contributed by atoms with Gasteiger partial charge in [0.15, 0.2) is 0 Å². The minimum atomic E-state index is -0.0733. The first-order valence-corrected chi connectivity index (χ1v) is 9.82. The fraction of sp³-hybridized carbons (Fsp3) is 0.273. The first kappa shape index (κ1) is 18.7. The monoisotopic (exact) mass is 394 g/mol. The third-order valence-electron chi connectivity index (χ3n) is 5.18. The summed E-state index contributed by atoms with van der Waals surface area (Å²) in [5.41, 5.74) is 2.70. The molecule has 0 bridgehead atoms. The van der Waals surface area contributed by atoms with Crippen molar-refractivity contribution in [3.05, 3.63) is 65.4 Å². The molecule has 1 aliphatic heterocycles. The Labute approximate surface area is 169 Å². The Balaban J connectivity index is 1.54. The minimum Gasteiger partial charge on any atom is -0.367 e. The van der Waals surface area contributed by atoms with Crippen molar-refractivity contribution in [3.63, 3.8) is 0 Å². The van der Waals surface area contributed by atoms with Crippen molar-refractivity contribution in [2.45, 2.75) is 6.42 Å². The molecule has 0 radical (unpaired) electrons. The minimum absolute atomic E-state index is 0.0733. The van der Waals surface area contributed by atoms with E-state index in [9.17, 15) is 4.79 Å². The molecule has 3 aromatic rings. The van der Waals surface area contributed by atoms with E-state index >= 15 is 0 Å². The Morgan fingerprint density at radius 3 is 2.75 bits per heavy atom. The molecule has 0 unspecified atom stereocenters. The average molecular weight is 395 g/mol.